The summed E-state index contributed by atoms with van der Waals surface area (Å²) in [5.41, 5.74) is 1.82. The third-order valence-corrected chi connectivity index (χ3v) is 4.36. The molecule has 1 atom stereocenters. The number of hydrogen-bond acceptors (Lipinski definition) is 2. The van der Waals surface area contributed by atoms with Crippen LogP contribution in [0.2, 0.25) is 0 Å². The fourth-order valence-electron chi connectivity index (χ4n) is 2.46. The van der Waals surface area contributed by atoms with Crippen LogP contribution in [0.3, 0.4) is 0 Å². The smallest absolute Gasteiger partial charge is 0.171 e. The summed E-state index contributed by atoms with van der Waals surface area (Å²) in [5.74, 6) is 0.958. The highest BCUT2D eigenvalue weighted by Gasteiger charge is 2.28. The van der Waals surface area contributed by atoms with E-state index in [-0.39, 0.29) is 11.7 Å². The summed E-state index contributed by atoms with van der Waals surface area (Å²) in [6.45, 7) is 0.608. The second-order valence-corrected chi connectivity index (χ2v) is 5.73. The van der Waals surface area contributed by atoms with Crippen molar-refractivity contribution in [2.24, 2.45) is 0 Å². The first-order valence-corrected chi connectivity index (χ1v) is 7.35. The zero-order valence-electron chi connectivity index (χ0n) is 10.3. The molecule has 0 radical (unpaired) electrons. The number of ether oxygens (including phenoxy) is 1. The van der Waals surface area contributed by atoms with Gasteiger partial charge in [-0.25, -0.2) is 0 Å². The van der Waals surface area contributed by atoms with E-state index in [2.05, 4.69) is 22.6 Å². The van der Waals surface area contributed by atoms with Crippen LogP contribution in [0.15, 0.2) is 48.5 Å². The minimum atomic E-state index is -0.0825. The molecule has 0 spiro atoms. The molecule has 1 unspecified atom stereocenters. The van der Waals surface area contributed by atoms with Crippen LogP contribution in [0.4, 0.5) is 0 Å². The minimum absolute atomic E-state index is 0.0825. The van der Waals surface area contributed by atoms with E-state index >= 15 is 0 Å². The molecule has 0 saturated carbocycles. The van der Waals surface area contributed by atoms with Gasteiger partial charge >= 0.3 is 0 Å². The van der Waals surface area contributed by atoms with Crippen molar-refractivity contribution in [1.82, 2.24) is 0 Å². The third kappa shape index (κ3) is 2.39. The van der Waals surface area contributed by atoms with E-state index in [1.54, 1.807) is 0 Å². The predicted octanol–water partition coefficient (Wildman–Crippen LogP) is 4.04. The zero-order chi connectivity index (χ0) is 13.2. The standard InChI is InChI=1S/C16H13IO2/c17-14-7-3-1-6-13(14)16(18)12-9-10-19-15-8-4-2-5-11(12)15/h1-8,12H,9-10H2. The number of carbonyl (C=O) groups excluding carboxylic acids is 1. The zero-order valence-corrected chi connectivity index (χ0v) is 12.5. The summed E-state index contributed by atoms with van der Waals surface area (Å²) in [6.07, 6.45) is 0.751. The van der Waals surface area contributed by atoms with Crippen LogP contribution in [0.25, 0.3) is 0 Å². The number of para-hydroxylation sites is 1. The van der Waals surface area contributed by atoms with Crippen molar-refractivity contribution in [2.45, 2.75) is 12.3 Å². The van der Waals surface area contributed by atoms with Gasteiger partial charge in [0, 0.05) is 14.7 Å². The molecule has 19 heavy (non-hydrogen) atoms. The lowest BCUT2D eigenvalue weighted by molar-refractivity contribution is 0.0932. The molecule has 96 valence electrons. The van der Waals surface area contributed by atoms with Crippen molar-refractivity contribution in [3.63, 3.8) is 0 Å². The number of ketones is 1. The van der Waals surface area contributed by atoms with Crippen LogP contribution < -0.4 is 4.74 Å². The Morgan fingerprint density at radius 2 is 1.84 bits per heavy atom. The number of benzene rings is 2. The average molecular weight is 364 g/mol. The van der Waals surface area contributed by atoms with Crippen LogP contribution >= 0.6 is 22.6 Å². The largest absolute Gasteiger partial charge is 0.493 e. The Balaban J connectivity index is 2.00. The molecule has 3 rings (SSSR count). The fourth-order valence-corrected chi connectivity index (χ4v) is 3.12. The molecule has 0 aliphatic carbocycles. The van der Waals surface area contributed by atoms with Crippen LogP contribution in [-0.4, -0.2) is 12.4 Å². The molecule has 2 aromatic rings. The summed E-state index contributed by atoms with van der Waals surface area (Å²) >= 11 is 2.22. The van der Waals surface area contributed by atoms with Gasteiger partial charge in [-0.15, -0.1) is 0 Å². The molecular formula is C16H13IO2. The van der Waals surface area contributed by atoms with Gasteiger partial charge in [0.2, 0.25) is 0 Å². The quantitative estimate of drug-likeness (QED) is 0.594. The van der Waals surface area contributed by atoms with E-state index in [1.165, 1.54) is 0 Å². The molecule has 2 nitrogen and oxygen atoms in total. The highest BCUT2D eigenvalue weighted by Crippen LogP contribution is 2.36. The first-order chi connectivity index (χ1) is 9.27. The predicted molar refractivity (Wildman–Crippen MR) is 82.8 cm³/mol. The van der Waals surface area contributed by atoms with Gasteiger partial charge in [0.15, 0.2) is 5.78 Å². The molecule has 2 aromatic carbocycles. The maximum Gasteiger partial charge on any atom is 0.171 e. The second-order valence-electron chi connectivity index (χ2n) is 4.57. The Labute approximate surface area is 125 Å². The van der Waals surface area contributed by atoms with Crippen LogP contribution in [0.5, 0.6) is 5.75 Å². The number of hydrogen-bond donors (Lipinski definition) is 0. The summed E-state index contributed by atoms with van der Waals surface area (Å²) in [7, 11) is 0. The van der Waals surface area contributed by atoms with Gasteiger partial charge in [0.25, 0.3) is 0 Å². The Kier molecular flexibility index (Phi) is 3.55. The number of rotatable bonds is 2. The van der Waals surface area contributed by atoms with Crippen LogP contribution in [0.1, 0.15) is 28.3 Å². The lowest BCUT2D eigenvalue weighted by atomic mass is 9.86. The van der Waals surface area contributed by atoms with E-state index in [1.807, 2.05) is 48.5 Å². The summed E-state index contributed by atoms with van der Waals surface area (Å²) in [6, 6.07) is 15.6. The lowest BCUT2D eigenvalue weighted by Gasteiger charge is -2.25. The third-order valence-electron chi connectivity index (χ3n) is 3.41. The molecule has 1 aliphatic rings. The first-order valence-electron chi connectivity index (χ1n) is 6.28. The topological polar surface area (TPSA) is 26.3 Å². The van der Waals surface area contributed by atoms with E-state index in [4.69, 9.17) is 4.74 Å². The number of Topliss-reactive ketones (excluding diaryl/α,β-unsaturated/α-hetero) is 1. The fraction of sp³-hybridized carbons (Fsp3) is 0.188. The highest BCUT2D eigenvalue weighted by atomic mass is 127. The number of carbonyl (C=O) groups is 1. The van der Waals surface area contributed by atoms with Crippen molar-refractivity contribution in [3.05, 3.63) is 63.2 Å². The summed E-state index contributed by atoms with van der Waals surface area (Å²) < 4.78 is 6.62. The summed E-state index contributed by atoms with van der Waals surface area (Å²) in [5, 5.41) is 0. The van der Waals surface area contributed by atoms with Gasteiger partial charge in [-0.3, -0.25) is 4.79 Å². The lowest BCUT2D eigenvalue weighted by Crippen LogP contribution is -2.22. The van der Waals surface area contributed by atoms with Gasteiger partial charge in [-0.1, -0.05) is 36.4 Å². The van der Waals surface area contributed by atoms with Gasteiger partial charge in [-0.2, -0.15) is 0 Å². The van der Waals surface area contributed by atoms with Gasteiger partial charge in [0.1, 0.15) is 5.75 Å². The van der Waals surface area contributed by atoms with Crippen molar-refractivity contribution < 1.29 is 9.53 Å². The van der Waals surface area contributed by atoms with Gasteiger partial charge in [0.05, 0.1) is 12.5 Å². The molecule has 1 aliphatic heterocycles. The van der Waals surface area contributed by atoms with Crippen LogP contribution in [-0.2, 0) is 0 Å². The monoisotopic (exact) mass is 364 g/mol. The Bertz CT molecular complexity index is 622. The molecule has 0 N–H and O–H groups in total. The average Bonchev–Trinajstić information content (AvgIpc) is 2.46. The molecule has 0 aromatic heterocycles. The Morgan fingerprint density at radius 1 is 1.11 bits per heavy atom. The molecular weight excluding hydrogens is 351 g/mol. The maximum absolute atomic E-state index is 12.7. The van der Waals surface area contributed by atoms with Crippen molar-refractivity contribution in [3.8, 4) is 5.75 Å². The first kappa shape index (κ1) is 12.7. The second kappa shape index (κ2) is 5.33. The van der Waals surface area contributed by atoms with Crippen molar-refractivity contribution in [2.75, 3.05) is 6.61 Å². The van der Waals surface area contributed by atoms with Crippen molar-refractivity contribution in [1.29, 1.82) is 0 Å². The highest BCUT2D eigenvalue weighted by molar-refractivity contribution is 14.1. The Hall–Kier alpha value is -1.36. The Morgan fingerprint density at radius 3 is 2.68 bits per heavy atom. The van der Waals surface area contributed by atoms with E-state index in [9.17, 15) is 4.79 Å². The number of fused-ring (bicyclic) bond motifs is 1. The molecule has 0 bridgehead atoms. The van der Waals surface area contributed by atoms with E-state index in [0.717, 1.165) is 26.9 Å². The SMILES string of the molecule is O=C(c1ccccc1I)C1CCOc2ccccc21. The minimum Gasteiger partial charge on any atom is -0.493 e. The molecule has 0 saturated heterocycles. The van der Waals surface area contributed by atoms with Crippen molar-refractivity contribution >= 4 is 28.4 Å². The van der Waals surface area contributed by atoms with Gasteiger partial charge < -0.3 is 4.74 Å². The maximum atomic E-state index is 12.7. The normalized spacial score (nSPS) is 17.4. The molecule has 0 amide bonds. The summed E-state index contributed by atoms with van der Waals surface area (Å²) in [4.78, 5) is 12.7. The van der Waals surface area contributed by atoms with E-state index in [0.29, 0.717) is 6.61 Å². The number of halogens is 1. The van der Waals surface area contributed by atoms with Crippen LogP contribution in [0, 0.1) is 3.57 Å². The van der Waals surface area contributed by atoms with Gasteiger partial charge in [-0.05, 0) is 41.1 Å². The molecule has 3 heteroatoms. The molecule has 1 heterocycles. The molecule has 0 fully saturated rings. The van der Waals surface area contributed by atoms with E-state index < -0.39 is 0 Å².